The minimum absolute atomic E-state index is 0.775. The molecule has 1 N–H and O–H groups in total. The molecule has 0 radical (unpaired) electrons. The number of hydrogen-bond donors (Lipinski definition) is 1. The maximum Gasteiger partial charge on any atom is 0.119 e. The number of aryl methyl sites for hydroxylation is 2. The van der Waals surface area contributed by atoms with Crippen LogP contribution in [0.1, 0.15) is 35.1 Å². The van der Waals surface area contributed by atoms with Crippen LogP contribution in [0.3, 0.4) is 0 Å². The van der Waals surface area contributed by atoms with Crippen molar-refractivity contribution in [1.82, 2.24) is 0 Å². The molecule has 3 rings (SSSR count). The molecule has 0 fully saturated rings. The number of hydrogen-bond acceptors (Lipinski definition) is 2. The van der Waals surface area contributed by atoms with Crippen molar-refractivity contribution in [2.24, 2.45) is 0 Å². The van der Waals surface area contributed by atoms with Gasteiger partial charge in [-0.2, -0.15) is 0 Å². The third-order valence-electron chi connectivity index (χ3n) is 4.33. The van der Waals surface area contributed by atoms with Gasteiger partial charge in [0, 0.05) is 0 Å². The quantitative estimate of drug-likeness (QED) is 0.902. The van der Waals surface area contributed by atoms with Gasteiger partial charge in [0.2, 0.25) is 0 Å². The van der Waals surface area contributed by atoms with Crippen molar-refractivity contribution in [2.75, 3.05) is 7.11 Å². The molecule has 1 aliphatic carbocycles. The summed E-state index contributed by atoms with van der Waals surface area (Å²) in [6, 6.07) is 14.1. The highest BCUT2D eigenvalue weighted by Gasteiger charge is 2.36. The molecule has 0 saturated heterocycles. The first kappa shape index (κ1) is 13.2. The number of ether oxygens (including phenoxy) is 1. The van der Waals surface area contributed by atoms with Crippen LogP contribution < -0.4 is 4.74 Å². The van der Waals surface area contributed by atoms with E-state index in [9.17, 15) is 5.11 Å². The van der Waals surface area contributed by atoms with Crippen LogP contribution in [-0.4, -0.2) is 12.2 Å². The third-order valence-corrected chi connectivity index (χ3v) is 4.33. The Morgan fingerprint density at radius 3 is 2.65 bits per heavy atom. The van der Waals surface area contributed by atoms with Gasteiger partial charge in [0.25, 0.3) is 0 Å². The van der Waals surface area contributed by atoms with Crippen molar-refractivity contribution in [3.8, 4) is 5.75 Å². The van der Waals surface area contributed by atoms with E-state index in [0.29, 0.717) is 0 Å². The molecule has 2 aromatic rings. The smallest absolute Gasteiger partial charge is 0.119 e. The van der Waals surface area contributed by atoms with Crippen LogP contribution in [0, 0.1) is 6.92 Å². The second kappa shape index (κ2) is 4.95. The lowest BCUT2D eigenvalue weighted by atomic mass is 9.74. The molecular formula is C18H20O2. The Kier molecular flexibility index (Phi) is 3.27. The van der Waals surface area contributed by atoms with E-state index < -0.39 is 5.60 Å². The summed E-state index contributed by atoms with van der Waals surface area (Å²) in [7, 11) is 1.67. The fraction of sp³-hybridized carbons (Fsp3) is 0.333. The van der Waals surface area contributed by atoms with E-state index in [1.54, 1.807) is 7.11 Å². The molecule has 104 valence electrons. The minimum Gasteiger partial charge on any atom is -0.497 e. The predicted octanol–water partition coefficient (Wildman–Crippen LogP) is 3.58. The normalized spacial score (nSPS) is 21.4. The number of rotatable bonds is 2. The number of methoxy groups -OCH3 is 1. The molecule has 2 aromatic carbocycles. The van der Waals surface area contributed by atoms with Gasteiger partial charge in [0.1, 0.15) is 11.4 Å². The van der Waals surface area contributed by atoms with Gasteiger partial charge >= 0.3 is 0 Å². The number of fused-ring (bicyclic) bond motifs is 1. The van der Waals surface area contributed by atoms with Gasteiger partial charge < -0.3 is 9.84 Å². The Bertz CT molecular complexity index is 633. The van der Waals surface area contributed by atoms with Crippen molar-refractivity contribution in [3.05, 3.63) is 64.7 Å². The zero-order chi connectivity index (χ0) is 14.2. The lowest BCUT2D eigenvalue weighted by Crippen LogP contribution is -2.32. The summed E-state index contributed by atoms with van der Waals surface area (Å²) in [5.41, 5.74) is 3.51. The van der Waals surface area contributed by atoms with Gasteiger partial charge in [0.05, 0.1) is 7.11 Å². The van der Waals surface area contributed by atoms with Crippen molar-refractivity contribution in [1.29, 1.82) is 0 Å². The molecule has 0 spiro atoms. The molecule has 0 saturated carbocycles. The van der Waals surface area contributed by atoms with Crippen LogP contribution in [-0.2, 0) is 12.0 Å². The van der Waals surface area contributed by atoms with E-state index in [1.807, 2.05) is 37.3 Å². The molecule has 0 heterocycles. The third kappa shape index (κ3) is 2.01. The second-order valence-electron chi connectivity index (χ2n) is 5.55. The lowest BCUT2D eigenvalue weighted by Gasteiger charge is -2.36. The molecule has 0 aliphatic heterocycles. The van der Waals surface area contributed by atoms with E-state index in [-0.39, 0.29) is 0 Å². The highest BCUT2D eigenvalue weighted by molar-refractivity contribution is 5.47. The van der Waals surface area contributed by atoms with Crippen molar-refractivity contribution in [2.45, 2.75) is 31.8 Å². The van der Waals surface area contributed by atoms with Gasteiger partial charge in [-0.15, -0.1) is 0 Å². The van der Waals surface area contributed by atoms with Crippen molar-refractivity contribution in [3.63, 3.8) is 0 Å². The minimum atomic E-state index is -0.870. The molecule has 0 bridgehead atoms. The summed E-state index contributed by atoms with van der Waals surface area (Å²) in [5.74, 6) is 0.832. The fourth-order valence-corrected chi connectivity index (χ4v) is 3.32. The van der Waals surface area contributed by atoms with Crippen LogP contribution in [0.2, 0.25) is 0 Å². The Hall–Kier alpha value is -1.80. The van der Waals surface area contributed by atoms with Gasteiger partial charge in [-0.05, 0) is 60.6 Å². The summed E-state index contributed by atoms with van der Waals surface area (Å²) in [5, 5.41) is 11.3. The average Bonchev–Trinajstić information content (AvgIpc) is 2.47. The predicted molar refractivity (Wildman–Crippen MR) is 80.1 cm³/mol. The van der Waals surface area contributed by atoms with Crippen LogP contribution >= 0.6 is 0 Å². The SMILES string of the molecule is COc1ccc(C2(O)CCCc3ccccc32)c(C)c1. The summed E-state index contributed by atoms with van der Waals surface area (Å²) >= 11 is 0. The van der Waals surface area contributed by atoms with E-state index in [1.165, 1.54) is 5.56 Å². The van der Waals surface area contributed by atoms with Crippen LogP contribution in [0.4, 0.5) is 0 Å². The maximum absolute atomic E-state index is 11.3. The summed E-state index contributed by atoms with van der Waals surface area (Å²) in [6.07, 6.45) is 2.84. The lowest BCUT2D eigenvalue weighted by molar-refractivity contribution is 0.0609. The van der Waals surface area contributed by atoms with E-state index >= 15 is 0 Å². The molecular weight excluding hydrogens is 248 g/mol. The molecule has 1 unspecified atom stereocenters. The average molecular weight is 268 g/mol. The Balaban J connectivity index is 2.14. The monoisotopic (exact) mass is 268 g/mol. The molecule has 0 amide bonds. The molecule has 2 heteroatoms. The van der Waals surface area contributed by atoms with Crippen LogP contribution in [0.15, 0.2) is 42.5 Å². The first-order valence-electron chi connectivity index (χ1n) is 7.11. The highest BCUT2D eigenvalue weighted by Crippen LogP contribution is 2.42. The molecule has 2 nitrogen and oxygen atoms in total. The second-order valence-corrected chi connectivity index (χ2v) is 5.55. The van der Waals surface area contributed by atoms with E-state index in [2.05, 4.69) is 12.1 Å². The standard InChI is InChI=1S/C18H20O2/c1-13-12-15(20-2)9-10-16(13)18(19)11-5-7-14-6-3-4-8-17(14)18/h3-4,6,8-10,12,19H,5,7,11H2,1-2H3. The Labute approximate surface area is 120 Å². The zero-order valence-electron chi connectivity index (χ0n) is 12.0. The molecule has 1 aliphatic rings. The molecule has 0 aromatic heterocycles. The Morgan fingerprint density at radius 1 is 1.10 bits per heavy atom. The topological polar surface area (TPSA) is 29.5 Å². The van der Waals surface area contributed by atoms with Crippen molar-refractivity contribution >= 4 is 0 Å². The van der Waals surface area contributed by atoms with Gasteiger partial charge in [-0.25, -0.2) is 0 Å². The summed E-state index contributed by atoms with van der Waals surface area (Å²) in [6.45, 7) is 2.03. The number of aliphatic hydroxyl groups is 1. The first-order chi connectivity index (χ1) is 9.65. The van der Waals surface area contributed by atoms with Crippen molar-refractivity contribution < 1.29 is 9.84 Å². The summed E-state index contributed by atoms with van der Waals surface area (Å²) < 4.78 is 5.26. The zero-order valence-corrected chi connectivity index (χ0v) is 12.0. The van der Waals surface area contributed by atoms with E-state index in [0.717, 1.165) is 41.7 Å². The highest BCUT2D eigenvalue weighted by atomic mass is 16.5. The molecule has 20 heavy (non-hydrogen) atoms. The number of benzene rings is 2. The largest absolute Gasteiger partial charge is 0.497 e. The van der Waals surface area contributed by atoms with Crippen LogP contribution in [0.5, 0.6) is 5.75 Å². The van der Waals surface area contributed by atoms with Gasteiger partial charge in [-0.1, -0.05) is 30.3 Å². The summed E-state index contributed by atoms with van der Waals surface area (Å²) in [4.78, 5) is 0. The van der Waals surface area contributed by atoms with Gasteiger partial charge in [0.15, 0.2) is 0 Å². The van der Waals surface area contributed by atoms with E-state index in [4.69, 9.17) is 4.74 Å². The van der Waals surface area contributed by atoms with Gasteiger partial charge in [-0.3, -0.25) is 0 Å². The molecule has 1 atom stereocenters. The Morgan fingerprint density at radius 2 is 1.90 bits per heavy atom. The first-order valence-corrected chi connectivity index (χ1v) is 7.11. The van der Waals surface area contributed by atoms with Crippen LogP contribution in [0.25, 0.3) is 0 Å². The maximum atomic E-state index is 11.3. The fourth-order valence-electron chi connectivity index (χ4n) is 3.32.